The van der Waals surface area contributed by atoms with Crippen LogP contribution in [0.1, 0.15) is 40.5 Å². The van der Waals surface area contributed by atoms with Gasteiger partial charge in [0.05, 0.1) is 24.1 Å². The molecule has 1 saturated carbocycles. The molecule has 29 heavy (non-hydrogen) atoms. The van der Waals surface area contributed by atoms with E-state index in [0.29, 0.717) is 11.6 Å². The Kier molecular flexibility index (Phi) is 4.70. The number of ether oxygens (including phenoxy) is 1. The van der Waals surface area contributed by atoms with Crippen molar-refractivity contribution < 1.29 is 9.53 Å². The van der Waals surface area contributed by atoms with Crippen molar-refractivity contribution in [1.82, 2.24) is 19.9 Å². The number of aromatic nitrogens is 3. The first-order valence-corrected chi connectivity index (χ1v) is 9.44. The maximum absolute atomic E-state index is 13.2. The summed E-state index contributed by atoms with van der Waals surface area (Å²) in [6, 6.07) is 9.02. The molecule has 1 aliphatic rings. The highest BCUT2D eigenvalue weighted by atomic mass is 16.5. The van der Waals surface area contributed by atoms with Crippen LogP contribution in [-0.4, -0.2) is 27.6 Å². The molecule has 150 valence electrons. The highest BCUT2D eigenvalue weighted by Gasteiger charge is 2.34. The molecule has 3 aromatic rings. The Balaban J connectivity index is 1.75. The van der Waals surface area contributed by atoms with Crippen LogP contribution in [0, 0.1) is 12.8 Å². The quantitative estimate of drug-likeness (QED) is 0.687. The molecule has 1 fully saturated rings. The van der Waals surface area contributed by atoms with Crippen LogP contribution in [-0.2, 0) is 7.05 Å². The highest BCUT2D eigenvalue weighted by Crippen LogP contribution is 2.41. The zero-order valence-electron chi connectivity index (χ0n) is 16.5. The number of nitrogens with zero attached hydrogens (tertiary/aromatic N) is 2. The van der Waals surface area contributed by atoms with Crippen LogP contribution in [0.25, 0.3) is 11.0 Å². The van der Waals surface area contributed by atoms with Gasteiger partial charge in [0, 0.05) is 12.7 Å². The minimum Gasteiger partial charge on any atom is -0.497 e. The number of H-pyrrole nitrogens is 1. The van der Waals surface area contributed by atoms with E-state index in [1.165, 1.54) is 11.6 Å². The molecule has 2 heterocycles. The fourth-order valence-electron chi connectivity index (χ4n) is 3.58. The van der Waals surface area contributed by atoms with Crippen LogP contribution in [0.3, 0.4) is 0 Å². The molecular formula is C21H22N4O4. The standard InChI is InChI=1S/C21H22N4O4/c1-11-10-15(16-18(22-11)25(2)21(28)24-20(16)27)19(26)23-17(12-4-5-12)13-6-8-14(29-3)9-7-13/h6-10,12,17H,4-5H2,1-3H3,(H,23,26)(H,24,27,28)/t17-/m0/s1. The molecule has 1 atom stereocenters. The zero-order chi connectivity index (χ0) is 20.7. The largest absolute Gasteiger partial charge is 0.497 e. The third-order valence-electron chi connectivity index (χ3n) is 5.30. The summed E-state index contributed by atoms with van der Waals surface area (Å²) in [5.74, 6) is 0.736. The van der Waals surface area contributed by atoms with E-state index in [4.69, 9.17) is 4.74 Å². The van der Waals surface area contributed by atoms with E-state index in [2.05, 4.69) is 15.3 Å². The number of carbonyl (C=O) groups is 1. The average molecular weight is 394 g/mol. The van der Waals surface area contributed by atoms with Gasteiger partial charge in [-0.3, -0.25) is 19.1 Å². The molecule has 0 aliphatic heterocycles. The molecule has 0 radical (unpaired) electrons. The molecule has 1 aromatic carbocycles. The normalized spacial score (nSPS) is 14.6. The van der Waals surface area contributed by atoms with Gasteiger partial charge in [0.2, 0.25) is 0 Å². The fraction of sp³-hybridized carbons (Fsp3) is 0.333. The van der Waals surface area contributed by atoms with Crippen LogP contribution < -0.4 is 21.3 Å². The maximum Gasteiger partial charge on any atom is 0.329 e. The van der Waals surface area contributed by atoms with Gasteiger partial charge in [0.1, 0.15) is 11.4 Å². The summed E-state index contributed by atoms with van der Waals surface area (Å²) >= 11 is 0. The first-order valence-electron chi connectivity index (χ1n) is 9.44. The molecule has 1 amide bonds. The Morgan fingerprint density at radius 2 is 1.97 bits per heavy atom. The Morgan fingerprint density at radius 3 is 2.59 bits per heavy atom. The predicted octanol–water partition coefficient (Wildman–Crippen LogP) is 1.82. The number of fused-ring (bicyclic) bond motifs is 1. The smallest absolute Gasteiger partial charge is 0.329 e. The van der Waals surface area contributed by atoms with Gasteiger partial charge in [-0.05, 0) is 49.4 Å². The number of benzene rings is 1. The first-order chi connectivity index (χ1) is 13.9. The van der Waals surface area contributed by atoms with Gasteiger partial charge in [-0.2, -0.15) is 0 Å². The van der Waals surface area contributed by atoms with Crippen molar-refractivity contribution in [3.05, 3.63) is 68.0 Å². The summed E-state index contributed by atoms with van der Waals surface area (Å²) in [6.45, 7) is 1.73. The van der Waals surface area contributed by atoms with Crippen molar-refractivity contribution >= 4 is 16.9 Å². The monoisotopic (exact) mass is 394 g/mol. The minimum absolute atomic E-state index is 0.111. The SMILES string of the molecule is COc1ccc([C@@H](NC(=O)c2cc(C)nc3c2c(=O)[nH]c(=O)n3C)C2CC2)cc1. The van der Waals surface area contributed by atoms with Crippen LogP contribution in [0.5, 0.6) is 5.75 Å². The maximum atomic E-state index is 13.2. The van der Waals surface area contributed by atoms with Crippen molar-refractivity contribution in [2.45, 2.75) is 25.8 Å². The molecule has 0 spiro atoms. The average Bonchev–Trinajstić information content (AvgIpc) is 3.54. The van der Waals surface area contributed by atoms with Gasteiger partial charge < -0.3 is 10.1 Å². The third-order valence-corrected chi connectivity index (χ3v) is 5.30. The molecule has 2 N–H and O–H groups in total. The van der Waals surface area contributed by atoms with Crippen molar-refractivity contribution in [1.29, 1.82) is 0 Å². The Labute approximate surface area is 166 Å². The van der Waals surface area contributed by atoms with E-state index in [9.17, 15) is 14.4 Å². The van der Waals surface area contributed by atoms with Crippen LogP contribution in [0.4, 0.5) is 0 Å². The number of pyridine rings is 1. The highest BCUT2D eigenvalue weighted by molar-refractivity contribution is 6.05. The summed E-state index contributed by atoms with van der Waals surface area (Å²) < 4.78 is 6.45. The van der Waals surface area contributed by atoms with E-state index in [0.717, 1.165) is 24.2 Å². The Morgan fingerprint density at radius 1 is 1.28 bits per heavy atom. The van der Waals surface area contributed by atoms with Gasteiger partial charge in [0.25, 0.3) is 11.5 Å². The summed E-state index contributed by atoms with van der Waals surface area (Å²) in [5, 5.41) is 3.19. The van der Waals surface area contributed by atoms with Gasteiger partial charge in [-0.25, -0.2) is 9.78 Å². The number of aromatic amines is 1. The summed E-state index contributed by atoms with van der Waals surface area (Å²) in [6.07, 6.45) is 2.06. The van der Waals surface area contributed by atoms with Crippen LogP contribution >= 0.6 is 0 Å². The molecule has 4 rings (SSSR count). The van der Waals surface area contributed by atoms with E-state index >= 15 is 0 Å². The predicted molar refractivity (Wildman–Crippen MR) is 108 cm³/mol. The lowest BCUT2D eigenvalue weighted by atomic mass is 10.0. The topological polar surface area (TPSA) is 106 Å². The number of carbonyl (C=O) groups excluding carboxylic acids is 1. The van der Waals surface area contributed by atoms with Crippen LogP contribution in [0.15, 0.2) is 39.9 Å². The van der Waals surface area contributed by atoms with E-state index in [1.807, 2.05) is 24.3 Å². The van der Waals surface area contributed by atoms with Crippen LogP contribution in [0.2, 0.25) is 0 Å². The van der Waals surface area contributed by atoms with E-state index in [-0.39, 0.29) is 28.5 Å². The minimum atomic E-state index is -0.617. The molecule has 8 heteroatoms. The molecule has 0 saturated heterocycles. The molecule has 8 nitrogen and oxygen atoms in total. The third kappa shape index (κ3) is 3.53. The number of hydrogen-bond donors (Lipinski definition) is 2. The van der Waals surface area contributed by atoms with Gasteiger partial charge in [-0.1, -0.05) is 12.1 Å². The van der Waals surface area contributed by atoms with Crippen molar-refractivity contribution in [2.24, 2.45) is 13.0 Å². The number of methoxy groups -OCH3 is 1. The van der Waals surface area contributed by atoms with E-state index < -0.39 is 11.2 Å². The molecule has 0 unspecified atom stereocenters. The fourth-order valence-corrected chi connectivity index (χ4v) is 3.58. The number of rotatable bonds is 5. The Hall–Kier alpha value is -3.42. The molecular weight excluding hydrogens is 372 g/mol. The van der Waals surface area contributed by atoms with Gasteiger partial charge in [-0.15, -0.1) is 0 Å². The molecule has 1 aliphatic carbocycles. The second-order valence-corrected chi connectivity index (χ2v) is 7.39. The molecule has 0 bridgehead atoms. The molecule has 2 aromatic heterocycles. The lowest BCUT2D eigenvalue weighted by Gasteiger charge is -2.20. The Bertz CT molecular complexity index is 1210. The summed E-state index contributed by atoms with van der Waals surface area (Å²) in [4.78, 5) is 44.1. The lowest BCUT2D eigenvalue weighted by molar-refractivity contribution is 0.0933. The number of nitrogens with one attached hydrogen (secondary N) is 2. The zero-order valence-corrected chi connectivity index (χ0v) is 16.5. The summed E-state index contributed by atoms with van der Waals surface area (Å²) in [7, 11) is 3.12. The number of amides is 1. The van der Waals surface area contributed by atoms with Gasteiger partial charge in [0.15, 0.2) is 0 Å². The number of aryl methyl sites for hydroxylation is 2. The van der Waals surface area contributed by atoms with E-state index in [1.54, 1.807) is 20.1 Å². The van der Waals surface area contributed by atoms with Crippen molar-refractivity contribution in [3.8, 4) is 5.75 Å². The number of hydrogen-bond acceptors (Lipinski definition) is 5. The second-order valence-electron chi connectivity index (χ2n) is 7.39. The second kappa shape index (κ2) is 7.20. The summed E-state index contributed by atoms with van der Waals surface area (Å²) in [5.41, 5.74) is 0.753. The van der Waals surface area contributed by atoms with Crippen molar-refractivity contribution in [3.63, 3.8) is 0 Å². The van der Waals surface area contributed by atoms with Gasteiger partial charge >= 0.3 is 5.69 Å². The lowest BCUT2D eigenvalue weighted by Crippen LogP contribution is -2.34. The first kappa shape index (κ1) is 18.9. The van der Waals surface area contributed by atoms with Crippen molar-refractivity contribution in [2.75, 3.05) is 7.11 Å².